The molecule has 2 aromatic rings. The smallest absolute Gasteiger partial charge is 0.418 e. The van der Waals surface area contributed by atoms with Gasteiger partial charge in [0.2, 0.25) is 0 Å². The van der Waals surface area contributed by atoms with Crippen LogP contribution in [0.4, 0.5) is 86.3 Å². The maximum absolute atomic E-state index is 9.75. The molecule has 0 nitrogen and oxygen atoms in total. The van der Waals surface area contributed by atoms with E-state index in [9.17, 15) is 86.3 Å². The van der Waals surface area contributed by atoms with Crippen LogP contribution in [0.15, 0.2) is 60.7 Å². The van der Waals surface area contributed by atoms with Gasteiger partial charge in [-0.05, 0) is 24.3 Å². The maximum Gasteiger partial charge on any atom is 0.673 e. The minimum absolute atomic E-state index is 0.0287. The van der Waals surface area contributed by atoms with Crippen LogP contribution in [0.25, 0.3) is 0 Å². The van der Waals surface area contributed by atoms with Crippen LogP contribution in [0.3, 0.4) is 0 Å². The highest BCUT2D eigenvalue weighted by Crippen LogP contribution is 2.08. The van der Waals surface area contributed by atoms with Crippen LogP contribution in [-0.2, 0) is 0 Å². The van der Waals surface area contributed by atoms with E-state index >= 15 is 0 Å². The molecule has 0 heterocycles. The molecule has 0 atom stereocenters. The van der Waals surface area contributed by atoms with Crippen LogP contribution in [0.2, 0.25) is 0 Å². The standard InChI is InChI=1S/C12H10I.5BF4/c1-3-7-11(8-4-1)13-12-9-5-2-6-10-12;5*2-1(3,4)5/h1-10H;;;;;/q+1;5*-1. The molecule has 0 saturated carbocycles. The fourth-order valence-electron chi connectivity index (χ4n) is 1.08. The highest BCUT2D eigenvalue weighted by molar-refractivity contribution is 6.51. The van der Waals surface area contributed by atoms with Gasteiger partial charge in [-0.1, -0.05) is 36.4 Å². The molecule has 0 bridgehead atoms. The van der Waals surface area contributed by atoms with E-state index in [-0.39, 0.29) is 21.2 Å². The van der Waals surface area contributed by atoms with Gasteiger partial charge in [0.05, 0.1) is 0 Å². The van der Waals surface area contributed by atoms with Crippen LogP contribution in [-0.4, -0.2) is 36.3 Å². The molecule has 0 fully saturated rings. The van der Waals surface area contributed by atoms with Gasteiger partial charge in [0, 0.05) is 0 Å². The van der Waals surface area contributed by atoms with Gasteiger partial charge >= 0.3 is 57.5 Å². The van der Waals surface area contributed by atoms with Crippen LogP contribution < -0.4 is 21.2 Å². The first-order valence-electron chi connectivity index (χ1n) is 8.56. The minimum Gasteiger partial charge on any atom is -0.418 e. The van der Waals surface area contributed by atoms with E-state index in [1.54, 1.807) is 0 Å². The molecule has 2 rings (SSSR count). The van der Waals surface area contributed by atoms with Gasteiger partial charge < -0.3 is 86.3 Å². The number of hydrogen-bond acceptors (Lipinski definition) is 0. The van der Waals surface area contributed by atoms with E-state index in [1.807, 2.05) is 0 Å². The van der Waals surface area contributed by atoms with E-state index in [2.05, 4.69) is 60.7 Å². The molecule has 0 aliphatic rings. The number of hydrogen-bond donors (Lipinski definition) is 0. The monoisotopic (exact) mass is 716 g/mol. The predicted molar refractivity (Wildman–Crippen MR) is 101 cm³/mol. The Balaban J connectivity index is -0.000000198. The minimum atomic E-state index is -6.00. The molecular formula is C12H10B5F20I-4. The highest BCUT2D eigenvalue weighted by Gasteiger charge is 2.22. The Morgan fingerprint density at radius 3 is 0.553 bits per heavy atom. The molecule has 26 heteroatoms. The molecule has 0 amide bonds. The third-order valence-corrected chi connectivity index (χ3v) is 4.37. The molecule has 0 aliphatic heterocycles. The first kappa shape index (κ1) is 43.2. The Kier molecular flexibility index (Phi) is 22.8. The van der Waals surface area contributed by atoms with Crippen molar-refractivity contribution in [3.8, 4) is 0 Å². The average molecular weight is 715 g/mol. The summed E-state index contributed by atoms with van der Waals surface area (Å²) in [5.41, 5.74) is 0. The van der Waals surface area contributed by atoms with E-state index in [1.165, 1.54) is 7.14 Å². The van der Waals surface area contributed by atoms with Gasteiger partial charge in [0.25, 0.3) is 0 Å². The maximum atomic E-state index is 9.75. The van der Waals surface area contributed by atoms with E-state index in [4.69, 9.17) is 0 Å². The summed E-state index contributed by atoms with van der Waals surface area (Å²) in [6.45, 7) is 0. The van der Waals surface area contributed by atoms with Crippen molar-refractivity contribution in [2.45, 2.75) is 0 Å². The van der Waals surface area contributed by atoms with Crippen molar-refractivity contribution in [2.75, 3.05) is 0 Å². The summed E-state index contributed by atoms with van der Waals surface area (Å²) in [7, 11) is -30.0. The van der Waals surface area contributed by atoms with Gasteiger partial charge in [-0.3, -0.25) is 0 Å². The van der Waals surface area contributed by atoms with Crippen LogP contribution in [0.5, 0.6) is 0 Å². The van der Waals surface area contributed by atoms with Crippen molar-refractivity contribution < 1.29 is 108 Å². The lowest BCUT2D eigenvalue weighted by Gasteiger charge is -1.94. The predicted octanol–water partition coefficient (Wildman–Crippen LogP) is 6.32. The SMILES string of the molecule is F[B-](F)(F)F.F[B-](F)(F)F.F[B-](F)(F)F.F[B-](F)(F)F.F[B-](F)(F)F.c1ccc([I+]c2ccccc2)cc1. The second-order valence-electron chi connectivity index (χ2n) is 5.16. The molecule has 38 heavy (non-hydrogen) atoms. The summed E-state index contributed by atoms with van der Waals surface area (Å²) in [6.07, 6.45) is 0. The summed E-state index contributed by atoms with van der Waals surface area (Å²) >= 11 is 0.0287. The summed E-state index contributed by atoms with van der Waals surface area (Å²) in [4.78, 5) is 0. The average Bonchev–Trinajstić information content (AvgIpc) is 2.56. The van der Waals surface area contributed by atoms with Crippen LogP contribution in [0, 0.1) is 7.14 Å². The Morgan fingerprint density at radius 1 is 0.289 bits per heavy atom. The Bertz CT molecular complexity index is 652. The molecule has 0 aromatic heterocycles. The van der Waals surface area contributed by atoms with E-state index in [0.717, 1.165) is 0 Å². The topological polar surface area (TPSA) is 0 Å². The Hall–Kier alpha value is -1.91. The molecule has 0 saturated heterocycles. The number of benzene rings is 2. The molecule has 0 unspecified atom stereocenters. The van der Waals surface area contributed by atoms with Crippen molar-refractivity contribution in [3.05, 3.63) is 67.8 Å². The van der Waals surface area contributed by atoms with Crippen LogP contribution in [0.1, 0.15) is 0 Å². The fourth-order valence-corrected chi connectivity index (χ4v) is 3.35. The normalized spacial score (nSPS) is 11.3. The first-order chi connectivity index (χ1) is 16.4. The molecule has 0 spiro atoms. The van der Waals surface area contributed by atoms with E-state index < -0.39 is 36.3 Å². The lowest BCUT2D eigenvalue weighted by atomic mass is 10.3. The van der Waals surface area contributed by atoms with Gasteiger partial charge in [0.15, 0.2) is 7.14 Å². The fraction of sp³-hybridized carbons (Fsp3) is 0. The summed E-state index contributed by atoms with van der Waals surface area (Å²) in [5.74, 6) is 0. The largest absolute Gasteiger partial charge is 0.673 e. The van der Waals surface area contributed by atoms with E-state index in [0.29, 0.717) is 0 Å². The third-order valence-electron chi connectivity index (χ3n) is 1.68. The lowest BCUT2D eigenvalue weighted by Crippen LogP contribution is -3.61. The van der Waals surface area contributed by atoms with Crippen molar-refractivity contribution in [1.29, 1.82) is 0 Å². The molecular weight excluding hydrogens is 705 g/mol. The second kappa shape index (κ2) is 20.1. The molecule has 0 N–H and O–H groups in total. The molecule has 0 radical (unpaired) electrons. The number of rotatable bonds is 2. The summed E-state index contributed by atoms with van der Waals surface area (Å²) in [5, 5.41) is 0. The second-order valence-corrected chi connectivity index (χ2v) is 8.19. The zero-order valence-electron chi connectivity index (χ0n) is 17.6. The van der Waals surface area contributed by atoms with Crippen molar-refractivity contribution in [1.82, 2.24) is 0 Å². The van der Waals surface area contributed by atoms with Crippen LogP contribution >= 0.6 is 0 Å². The van der Waals surface area contributed by atoms with Gasteiger partial charge in [-0.2, -0.15) is 0 Å². The highest BCUT2D eigenvalue weighted by atomic mass is 127. The zero-order valence-corrected chi connectivity index (χ0v) is 19.8. The Morgan fingerprint density at radius 2 is 0.421 bits per heavy atom. The summed E-state index contributed by atoms with van der Waals surface area (Å²) < 4.78 is 198. The lowest BCUT2D eigenvalue weighted by molar-refractivity contribution is -0.597. The van der Waals surface area contributed by atoms with Gasteiger partial charge in [-0.25, -0.2) is 0 Å². The van der Waals surface area contributed by atoms with Crippen molar-refractivity contribution >= 4 is 36.3 Å². The molecule has 2 aromatic carbocycles. The van der Waals surface area contributed by atoms with Crippen molar-refractivity contribution in [2.24, 2.45) is 0 Å². The Labute approximate surface area is 211 Å². The molecule has 0 aliphatic carbocycles. The molecule has 224 valence electrons. The third kappa shape index (κ3) is 114. The number of halogens is 21. The van der Waals surface area contributed by atoms with Gasteiger partial charge in [0.1, 0.15) is 0 Å². The zero-order chi connectivity index (χ0) is 31.4. The van der Waals surface area contributed by atoms with Crippen molar-refractivity contribution in [3.63, 3.8) is 0 Å². The summed E-state index contributed by atoms with van der Waals surface area (Å²) in [6, 6.07) is 21.4. The quantitative estimate of drug-likeness (QED) is 0.194. The first-order valence-corrected chi connectivity index (χ1v) is 10.7. The van der Waals surface area contributed by atoms with Gasteiger partial charge in [-0.15, -0.1) is 0 Å².